The first-order valence-electron chi connectivity index (χ1n) is 6.40. The second kappa shape index (κ2) is 7.30. The number of hydrogen-bond donors (Lipinski definition) is 0. The fourth-order valence-corrected chi connectivity index (χ4v) is 2.86. The van der Waals surface area contributed by atoms with Crippen LogP contribution in [0.15, 0.2) is 40.9 Å². The summed E-state index contributed by atoms with van der Waals surface area (Å²) in [6, 6.07) is 10.7. The minimum absolute atomic E-state index is 0.0805. The molecule has 2 nitrogen and oxygen atoms in total. The highest BCUT2D eigenvalue weighted by Crippen LogP contribution is 2.32. The van der Waals surface area contributed by atoms with Crippen LogP contribution in [0.2, 0.25) is 10.0 Å². The largest absolute Gasteiger partial charge is 0.492 e. The first-order chi connectivity index (χ1) is 10.0. The lowest BCUT2D eigenvalue weighted by Crippen LogP contribution is -2.05. The second-order valence-corrected chi connectivity index (χ2v) is 6.16. The standard InChI is InChI=1S/C16H13BrCl2O2/c1-2-21-16-9-13(18)12(8-14(16)19)15(20)7-10-4-3-5-11(17)6-10/h3-6,8-9H,2,7H2,1H3. The predicted molar refractivity (Wildman–Crippen MR) is 89.8 cm³/mol. The van der Waals surface area contributed by atoms with Gasteiger partial charge in [-0.2, -0.15) is 0 Å². The molecule has 110 valence electrons. The van der Waals surface area contributed by atoms with Gasteiger partial charge in [-0.05, 0) is 30.7 Å². The van der Waals surface area contributed by atoms with Gasteiger partial charge in [0, 0.05) is 22.5 Å². The maximum absolute atomic E-state index is 12.4. The number of Topliss-reactive ketones (excluding diaryl/α,β-unsaturated/α-hetero) is 1. The quantitative estimate of drug-likeness (QED) is 0.626. The summed E-state index contributed by atoms with van der Waals surface area (Å²) in [5.74, 6) is 0.409. The molecular formula is C16H13BrCl2O2. The molecule has 2 aromatic carbocycles. The van der Waals surface area contributed by atoms with E-state index in [0.29, 0.717) is 28.0 Å². The van der Waals surface area contributed by atoms with Gasteiger partial charge in [0.1, 0.15) is 5.75 Å². The molecule has 0 radical (unpaired) electrons. The molecule has 0 spiro atoms. The van der Waals surface area contributed by atoms with E-state index in [4.69, 9.17) is 27.9 Å². The highest BCUT2D eigenvalue weighted by atomic mass is 79.9. The lowest BCUT2D eigenvalue weighted by Gasteiger charge is -2.10. The lowest BCUT2D eigenvalue weighted by atomic mass is 10.0. The topological polar surface area (TPSA) is 26.3 Å². The Kier molecular flexibility index (Phi) is 5.68. The van der Waals surface area contributed by atoms with Crippen molar-refractivity contribution in [3.05, 3.63) is 62.0 Å². The molecular weight excluding hydrogens is 375 g/mol. The SMILES string of the molecule is CCOc1cc(Cl)c(C(=O)Cc2cccc(Br)c2)cc1Cl. The molecule has 0 saturated carbocycles. The molecule has 21 heavy (non-hydrogen) atoms. The summed E-state index contributed by atoms with van der Waals surface area (Å²) in [4.78, 5) is 12.4. The van der Waals surface area contributed by atoms with Gasteiger partial charge < -0.3 is 4.74 Å². The van der Waals surface area contributed by atoms with Crippen LogP contribution in [0.1, 0.15) is 22.8 Å². The Morgan fingerprint density at radius 2 is 1.95 bits per heavy atom. The zero-order valence-corrected chi connectivity index (χ0v) is 14.4. The number of carbonyl (C=O) groups is 1. The monoisotopic (exact) mass is 386 g/mol. The molecule has 0 aliphatic carbocycles. The van der Waals surface area contributed by atoms with E-state index in [1.54, 1.807) is 12.1 Å². The number of ketones is 1. The van der Waals surface area contributed by atoms with Gasteiger partial charge in [0.25, 0.3) is 0 Å². The maximum atomic E-state index is 12.4. The van der Waals surface area contributed by atoms with Gasteiger partial charge in [-0.25, -0.2) is 0 Å². The first kappa shape index (κ1) is 16.3. The Hall–Kier alpha value is -1.03. The minimum atomic E-state index is -0.0805. The van der Waals surface area contributed by atoms with Crippen LogP contribution in [-0.4, -0.2) is 12.4 Å². The molecule has 0 aromatic heterocycles. The summed E-state index contributed by atoms with van der Waals surface area (Å²) < 4.78 is 6.29. The Bertz CT molecular complexity index is 671. The third-order valence-corrected chi connectivity index (χ3v) is 3.98. The van der Waals surface area contributed by atoms with Crippen molar-refractivity contribution in [1.82, 2.24) is 0 Å². The highest BCUT2D eigenvalue weighted by molar-refractivity contribution is 9.10. The van der Waals surface area contributed by atoms with E-state index in [0.717, 1.165) is 10.0 Å². The van der Waals surface area contributed by atoms with Crippen molar-refractivity contribution in [2.45, 2.75) is 13.3 Å². The van der Waals surface area contributed by atoms with Gasteiger partial charge in [0.2, 0.25) is 0 Å². The number of benzene rings is 2. The van der Waals surface area contributed by atoms with E-state index in [1.807, 2.05) is 31.2 Å². The van der Waals surface area contributed by atoms with Crippen LogP contribution < -0.4 is 4.74 Å². The molecule has 0 bridgehead atoms. The van der Waals surface area contributed by atoms with Crippen LogP contribution in [0, 0.1) is 0 Å². The average molecular weight is 388 g/mol. The van der Waals surface area contributed by atoms with Crippen LogP contribution in [0.3, 0.4) is 0 Å². The molecule has 0 amide bonds. The summed E-state index contributed by atoms with van der Waals surface area (Å²) >= 11 is 15.7. The van der Waals surface area contributed by atoms with Crippen LogP contribution >= 0.6 is 39.1 Å². The zero-order valence-electron chi connectivity index (χ0n) is 11.3. The van der Waals surface area contributed by atoms with E-state index in [9.17, 15) is 4.79 Å². The molecule has 0 saturated heterocycles. The lowest BCUT2D eigenvalue weighted by molar-refractivity contribution is 0.0993. The average Bonchev–Trinajstić information content (AvgIpc) is 2.42. The van der Waals surface area contributed by atoms with Crippen molar-refractivity contribution < 1.29 is 9.53 Å². The van der Waals surface area contributed by atoms with Crippen molar-refractivity contribution in [1.29, 1.82) is 0 Å². The van der Waals surface area contributed by atoms with Crippen LogP contribution in [0.25, 0.3) is 0 Å². The predicted octanol–water partition coefficient (Wildman–Crippen LogP) is 5.58. The molecule has 0 heterocycles. The molecule has 2 aromatic rings. The normalized spacial score (nSPS) is 10.5. The zero-order chi connectivity index (χ0) is 15.4. The number of carbonyl (C=O) groups excluding carboxylic acids is 1. The van der Waals surface area contributed by atoms with Crippen molar-refractivity contribution >= 4 is 44.9 Å². The van der Waals surface area contributed by atoms with Crippen LogP contribution in [0.5, 0.6) is 5.75 Å². The Morgan fingerprint density at radius 1 is 1.19 bits per heavy atom. The molecule has 5 heteroatoms. The van der Waals surface area contributed by atoms with Crippen molar-refractivity contribution in [3.63, 3.8) is 0 Å². The maximum Gasteiger partial charge on any atom is 0.168 e. The van der Waals surface area contributed by atoms with Crippen LogP contribution in [0.4, 0.5) is 0 Å². The highest BCUT2D eigenvalue weighted by Gasteiger charge is 2.15. The van der Waals surface area contributed by atoms with E-state index >= 15 is 0 Å². The second-order valence-electron chi connectivity index (χ2n) is 4.43. The first-order valence-corrected chi connectivity index (χ1v) is 7.95. The van der Waals surface area contributed by atoms with Gasteiger partial charge in [-0.1, -0.05) is 51.3 Å². The molecule has 0 N–H and O–H groups in total. The van der Waals surface area contributed by atoms with E-state index in [-0.39, 0.29) is 12.2 Å². The van der Waals surface area contributed by atoms with Gasteiger partial charge in [-0.3, -0.25) is 4.79 Å². The Morgan fingerprint density at radius 3 is 2.62 bits per heavy atom. The number of halogens is 3. The molecule has 0 atom stereocenters. The molecule has 0 aliphatic heterocycles. The van der Waals surface area contributed by atoms with Crippen LogP contribution in [-0.2, 0) is 6.42 Å². The third-order valence-electron chi connectivity index (χ3n) is 2.88. The minimum Gasteiger partial charge on any atom is -0.492 e. The summed E-state index contributed by atoms with van der Waals surface area (Å²) in [6.07, 6.45) is 0.267. The van der Waals surface area contributed by atoms with Crippen molar-refractivity contribution in [2.24, 2.45) is 0 Å². The molecule has 0 unspecified atom stereocenters. The van der Waals surface area contributed by atoms with Crippen molar-refractivity contribution in [2.75, 3.05) is 6.61 Å². The summed E-state index contributed by atoms with van der Waals surface area (Å²) in [5, 5.41) is 0.738. The number of rotatable bonds is 5. The fraction of sp³-hybridized carbons (Fsp3) is 0.188. The van der Waals surface area contributed by atoms with Gasteiger partial charge >= 0.3 is 0 Å². The smallest absolute Gasteiger partial charge is 0.168 e. The third kappa shape index (κ3) is 4.22. The van der Waals surface area contributed by atoms with E-state index in [1.165, 1.54) is 0 Å². The Balaban J connectivity index is 2.25. The van der Waals surface area contributed by atoms with Gasteiger partial charge in [-0.15, -0.1) is 0 Å². The van der Waals surface area contributed by atoms with Gasteiger partial charge in [0.05, 0.1) is 16.7 Å². The Labute approximate surface area is 142 Å². The summed E-state index contributed by atoms with van der Waals surface area (Å²) in [5.41, 5.74) is 1.32. The van der Waals surface area contributed by atoms with Gasteiger partial charge in [0.15, 0.2) is 5.78 Å². The van der Waals surface area contributed by atoms with Crippen molar-refractivity contribution in [3.8, 4) is 5.75 Å². The fourth-order valence-electron chi connectivity index (χ4n) is 1.94. The number of hydrogen-bond acceptors (Lipinski definition) is 2. The molecule has 2 rings (SSSR count). The molecule has 0 aliphatic rings. The summed E-state index contributed by atoms with van der Waals surface area (Å²) in [6.45, 7) is 2.35. The van der Waals surface area contributed by atoms with E-state index in [2.05, 4.69) is 15.9 Å². The molecule has 0 fully saturated rings. The number of ether oxygens (including phenoxy) is 1. The van der Waals surface area contributed by atoms with E-state index < -0.39 is 0 Å². The summed E-state index contributed by atoms with van der Waals surface area (Å²) in [7, 11) is 0.